The van der Waals surface area contributed by atoms with Gasteiger partial charge in [-0.3, -0.25) is 4.90 Å². The van der Waals surface area contributed by atoms with E-state index in [1.807, 2.05) is 0 Å². The third kappa shape index (κ3) is 3.61. The third-order valence-electron chi connectivity index (χ3n) is 4.34. The summed E-state index contributed by atoms with van der Waals surface area (Å²) in [5.74, 6) is 0. The molecule has 1 aromatic carbocycles. The van der Waals surface area contributed by atoms with Crippen molar-refractivity contribution in [2.75, 3.05) is 19.6 Å². The lowest BCUT2D eigenvalue weighted by Crippen LogP contribution is -2.28. The van der Waals surface area contributed by atoms with Crippen molar-refractivity contribution in [3.8, 4) is 0 Å². The van der Waals surface area contributed by atoms with E-state index in [1.165, 1.54) is 29.5 Å². The topological polar surface area (TPSA) is 3.24 Å². The number of benzene rings is 1. The molecule has 0 bridgehead atoms. The molecule has 0 unspecified atom stereocenters. The number of hydrogen-bond acceptors (Lipinski definition) is 1. The Morgan fingerprint density at radius 1 is 1.10 bits per heavy atom. The van der Waals surface area contributed by atoms with Crippen LogP contribution in [0.25, 0.3) is 0 Å². The van der Waals surface area contributed by atoms with Crippen molar-refractivity contribution in [1.29, 1.82) is 0 Å². The summed E-state index contributed by atoms with van der Waals surface area (Å²) in [5.41, 5.74) is 4.49. The monoisotopic (exact) mass is 271 g/mol. The second-order valence-electron chi connectivity index (χ2n) is 5.51. The Hall–Kier alpha value is -1.34. The Balaban J connectivity index is 0.000000956. The molecule has 1 aromatic rings. The summed E-state index contributed by atoms with van der Waals surface area (Å²) in [7, 11) is 0. The van der Waals surface area contributed by atoms with Crippen molar-refractivity contribution in [2.24, 2.45) is 0 Å². The SMILES string of the molecule is C=C.C=C(CN(CC)CC)C1(c2ccc(C)cc2)CC1. The Morgan fingerprint density at radius 2 is 1.60 bits per heavy atom. The fourth-order valence-corrected chi connectivity index (χ4v) is 2.71. The molecular weight excluding hydrogens is 242 g/mol. The standard InChI is InChI=1S/C17H25N.C2H4/c1-5-18(6-2)13-15(4)17(11-12-17)16-9-7-14(3)8-10-16;1-2/h7-10H,4-6,11-13H2,1-3H3;1-2H2. The highest BCUT2D eigenvalue weighted by Crippen LogP contribution is 2.53. The van der Waals surface area contributed by atoms with Crippen LogP contribution >= 0.6 is 0 Å². The fraction of sp³-hybridized carbons (Fsp3) is 0.474. The summed E-state index contributed by atoms with van der Waals surface area (Å²) in [5, 5.41) is 0. The average Bonchev–Trinajstić information content (AvgIpc) is 3.29. The normalized spacial score (nSPS) is 15.4. The quantitative estimate of drug-likeness (QED) is 0.676. The molecule has 0 heterocycles. The summed E-state index contributed by atoms with van der Waals surface area (Å²) >= 11 is 0. The zero-order chi connectivity index (χ0) is 15.2. The van der Waals surface area contributed by atoms with Crippen molar-refractivity contribution < 1.29 is 0 Å². The van der Waals surface area contributed by atoms with Crippen LogP contribution < -0.4 is 0 Å². The van der Waals surface area contributed by atoms with Crippen LogP contribution in [0.15, 0.2) is 49.6 Å². The van der Waals surface area contributed by atoms with Crippen LogP contribution in [-0.4, -0.2) is 24.5 Å². The molecule has 1 heteroatoms. The number of nitrogens with zero attached hydrogens (tertiary/aromatic N) is 1. The van der Waals surface area contributed by atoms with Gasteiger partial charge in [-0.1, -0.05) is 55.8 Å². The fourth-order valence-electron chi connectivity index (χ4n) is 2.71. The van der Waals surface area contributed by atoms with E-state index < -0.39 is 0 Å². The highest BCUT2D eigenvalue weighted by molar-refractivity contribution is 5.43. The number of hydrogen-bond donors (Lipinski definition) is 0. The highest BCUT2D eigenvalue weighted by atomic mass is 15.1. The zero-order valence-electron chi connectivity index (χ0n) is 13.4. The second kappa shape index (κ2) is 7.44. The molecule has 0 aromatic heterocycles. The van der Waals surface area contributed by atoms with Gasteiger partial charge in [0.1, 0.15) is 0 Å². The van der Waals surface area contributed by atoms with Gasteiger partial charge in [-0.05, 0) is 38.4 Å². The first-order chi connectivity index (χ1) is 9.62. The largest absolute Gasteiger partial charge is 0.300 e. The van der Waals surface area contributed by atoms with E-state index in [1.54, 1.807) is 0 Å². The van der Waals surface area contributed by atoms with Crippen molar-refractivity contribution in [1.82, 2.24) is 4.90 Å². The molecule has 1 nitrogen and oxygen atoms in total. The molecule has 2 rings (SSSR count). The Labute approximate surface area is 125 Å². The van der Waals surface area contributed by atoms with Gasteiger partial charge in [-0.25, -0.2) is 0 Å². The molecule has 0 spiro atoms. The van der Waals surface area contributed by atoms with E-state index in [0.717, 1.165) is 19.6 Å². The van der Waals surface area contributed by atoms with Crippen molar-refractivity contribution >= 4 is 0 Å². The first kappa shape index (κ1) is 16.7. The lowest BCUT2D eigenvalue weighted by Gasteiger charge is -2.25. The Morgan fingerprint density at radius 3 is 2.00 bits per heavy atom. The molecule has 0 radical (unpaired) electrons. The molecule has 0 saturated heterocycles. The minimum Gasteiger partial charge on any atom is -0.300 e. The summed E-state index contributed by atoms with van der Waals surface area (Å²) in [4.78, 5) is 2.45. The number of rotatable bonds is 6. The van der Waals surface area contributed by atoms with Crippen molar-refractivity contribution in [3.63, 3.8) is 0 Å². The maximum atomic E-state index is 4.38. The van der Waals surface area contributed by atoms with Crippen LogP contribution in [0.3, 0.4) is 0 Å². The minimum atomic E-state index is 0.288. The van der Waals surface area contributed by atoms with E-state index in [9.17, 15) is 0 Å². The van der Waals surface area contributed by atoms with E-state index >= 15 is 0 Å². The third-order valence-corrected chi connectivity index (χ3v) is 4.34. The maximum absolute atomic E-state index is 4.38. The highest BCUT2D eigenvalue weighted by Gasteiger charge is 2.46. The van der Waals surface area contributed by atoms with Gasteiger partial charge >= 0.3 is 0 Å². The summed E-state index contributed by atoms with van der Waals surface area (Å²) in [6, 6.07) is 9.02. The molecule has 0 atom stereocenters. The van der Waals surface area contributed by atoms with E-state index in [2.05, 4.69) is 69.7 Å². The summed E-state index contributed by atoms with van der Waals surface area (Å²) in [6.07, 6.45) is 2.55. The molecule has 1 aliphatic carbocycles. The van der Waals surface area contributed by atoms with Gasteiger partial charge in [0.25, 0.3) is 0 Å². The predicted octanol–water partition coefficient (Wildman–Crippen LogP) is 4.73. The van der Waals surface area contributed by atoms with Gasteiger partial charge in [0, 0.05) is 12.0 Å². The van der Waals surface area contributed by atoms with Crippen molar-refractivity contribution in [2.45, 2.75) is 39.0 Å². The first-order valence-corrected chi connectivity index (χ1v) is 7.60. The van der Waals surface area contributed by atoms with Gasteiger partial charge in [0.2, 0.25) is 0 Å². The molecule has 0 N–H and O–H groups in total. The first-order valence-electron chi connectivity index (χ1n) is 7.60. The van der Waals surface area contributed by atoms with E-state index in [4.69, 9.17) is 0 Å². The molecule has 0 aliphatic heterocycles. The van der Waals surface area contributed by atoms with Gasteiger partial charge < -0.3 is 0 Å². The summed E-state index contributed by atoms with van der Waals surface area (Å²) < 4.78 is 0. The van der Waals surface area contributed by atoms with Gasteiger partial charge in [0.05, 0.1) is 0 Å². The molecule has 1 aliphatic rings. The van der Waals surface area contributed by atoms with Gasteiger partial charge in [0.15, 0.2) is 0 Å². The Kier molecular flexibility index (Phi) is 6.22. The van der Waals surface area contributed by atoms with E-state index in [0.29, 0.717) is 0 Å². The zero-order valence-corrected chi connectivity index (χ0v) is 13.4. The smallest absolute Gasteiger partial charge is 0.0198 e. The van der Waals surface area contributed by atoms with Crippen LogP contribution in [0.4, 0.5) is 0 Å². The van der Waals surface area contributed by atoms with Crippen LogP contribution in [0.2, 0.25) is 0 Å². The van der Waals surface area contributed by atoms with Crippen LogP contribution in [0.1, 0.15) is 37.8 Å². The Bertz CT molecular complexity index is 422. The van der Waals surface area contributed by atoms with Crippen LogP contribution in [0.5, 0.6) is 0 Å². The average molecular weight is 271 g/mol. The molecule has 1 saturated carbocycles. The molecule has 20 heavy (non-hydrogen) atoms. The molecule has 0 amide bonds. The predicted molar refractivity (Wildman–Crippen MR) is 90.3 cm³/mol. The maximum Gasteiger partial charge on any atom is 0.0198 e. The van der Waals surface area contributed by atoms with Crippen LogP contribution in [0, 0.1) is 6.92 Å². The van der Waals surface area contributed by atoms with Crippen molar-refractivity contribution in [3.05, 3.63) is 60.7 Å². The van der Waals surface area contributed by atoms with E-state index in [-0.39, 0.29) is 5.41 Å². The second-order valence-corrected chi connectivity index (χ2v) is 5.51. The lowest BCUT2D eigenvalue weighted by molar-refractivity contribution is 0.323. The molecule has 110 valence electrons. The van der Waals surface area contributed by atoms with Gasteiger partial charge in [-0.2, -0.15) is 0 Å². The van der Waals surface area contributed by atoms with Crippen LogP contribution in [-0.2, 0) is 5.41 Å². The number of aryl methyl sites for hydroxylation is 1. The molecule has 1 fully saturated rings. The number of likely N-dealkylation sites (N-methyl/N-ethyl adjacent to an activating group) is 1. The minimum absolute atomic E-state index is 0.288. The summed E-state index contributed by atoms with van der Waals surface area (Å²) in [6.45, 7) is 20.2. The van der Waals surface area contributed by atoms with Gasteiger partial charge in [-0.15, -0.1) is 13.2 Å². The molecular formula is C19H29N. The lowest BCUT2D eigenvalue weighted by atomic mass is 9.88.